The first-order valence-corrected chi connectivity index (χ1v) is 18.0. The average Bonchev–Trinajstić information content (AvgIpc) is 3.45. The monoisotopic (exact) mass is 782 g/mol. The van der Waals surface area contributed by atoms with Gasteiger partial charge in [-0.25, -0.2) is 4.98 Å². The Morgan fingerprint density at radius 1 is 0.733 bits per heavy atom. The third-order valence-corrected chi connectivity index (χ3v) is 11.5. The van der Waals surface area contributed by atoms with E-state index in [1.54, 1.807) is 12.4 Å². The van der Waals surface area contributed by atoms with Gasteiger partial charge in [0.15, 0.2) is 0 Å². The summed E-state index contributed by atoms with van der Waals surface area (Å²) in [7, 11) is -1.88. The van der Waals surface area contributed by atoms with Crippen molar-refractivity contribution in [2.75, 3.05) is 0 Å². The summed E-state index contributed by atoms with van der Waals surface area (Å²) in [6.45, 7) is 9.39. The number of furan rings is 1. The fourth-order valence-electron chi connectivity index (χ4n) is 5.66. The van der Waals surface area contributed by atoms with Crippen molar-refractivity contribution in [2.45, 2.75) is 33.4 Å². The van der Waals surface area contributed by atoms with Crippen LogP contribution in [0.15, 0.2) is 126 Å². The Labute approximate surface area is 280 Å². The van der Waals surface area contributed by atoms with Gasteiger partial charge in [0, 0.05) is 44.1 Å². The second-order valence-corrected chi connectivity index (χ2v) is 16.2. The predicted molar refractivity (Wildman–Crippen MR) is 184 cm³/mol. The summed E-state index contributed by atoms with van der Waals surface area (Å²) < 4.78 is 6.15. The van der Waals surface area contributed by atoms with Gasteiger partial charge in [-0.3, -0.25) is 0 Å². The maximum absolute atomic E-state index is 6.15. The molecule has 0 spiro atoms. The van der Waals surface area contributed by atoms with E-state index in [2.05, 4.69) is 91.6 Å². The first-order chi connectivity index (χ1) is 21.4. The number of pyridine rings is 3. The molecule has 0 bridgehead atoms. The molecule has 6 heteroatoms. The van der Waals surface area contributed by atoms with Gasteiger partial charge in [-0.1, -0.05) is 97.2 Å². The largest absolute Gasteiger partial charge is 0.486 e. The smallest absolute Gasteiger partial charge is 0.216 e. The van der Waals surface area contributed by atoms with Gasteiger partial charge >= 0.3 is 0 Å². The van der Waals surface area contributed by atoms with Gasteiger partial charge < -0.3 is 14.4 Å². The summed E-state index contributed by atoms with van der Waals surface area (Å²) in [5.74, 6) is 0.555. The molecule has 3 aromatic carbocycles. The summed E-state index contributed by atoms with van der Waals surface area (Å²) >= 11 is 0. The molecule has 7 rings (SSSR count). The van der Waals surface area contributed by atoms with Gasteiger partial charge in [0.2, 0.25) is 5.71 Å². The summed E-state index contributed by atoms with van der Waals surface area (Å²) in [6.07, 6.45) is 6.68. The van der Waals surface area contributed by atoms with Gasteiger partial charge in [0.25, 0.3) is 0 Å². The van der Waals surface area contributed by atoms with Gasteiger partial charge in [-0.15, -0.1) is 54.1 Å². The van der Waals surface area contributed by atoms with E-state index >= 15 is 0 Å². The SMILES string of the molecule is CC(C)Cc1cc(-c2[c-]ccc3c2oc2ncccc23)ncc1[Si](C)(C)c1ccccc1.[Ir].[c-]1ccccc1-c1ccccn1. The van der Waals surface area contributed by atoms with Crippen molar-refractivity contribution in [1.82, 2.24) is 15.0 Å². The van der Waals surface area contributed by atoms with E-state index in [-0.39, 0.29) is 20.1 Å². The van der Waals surface area contributed by atoms with Gasteiger partial charge in [0.05, 0.1) is 5.58 Å². The van der Waals surface area contributed by atoms with Gasteiger partial charge in [-0.05, 0) is 47.1 Å². The quantitative estimate of drug-likeness (QED) is 0.126. The number of hydrogen-bond donors (Lipinski definition) is 0. The summed E-state index contributed by atoms with van der Waals surface area (Å²) in [6, 6.07) is 41.3. The third-order valence-electron chi connectivity index (χ3n) is 7.90. The van der Waals surface area contributed by atoms with Crippen LogP contribution in [0, 0.1) is 18.1 Å². The van der Waals surface area contributed by atoms with E-state index in [0.29, 0.717) is 11.6 Å². The molecule has 4 heterocycles. The van der Waals surface area contributed by atoms with E-state index in [4.69, 9.17) is 9.40 Å². The van der Waals surface area contributed by atoms with E-state index in [9.17, 15) is 0 Å². The fourth-order valence-corrected chi connectivity index (χ4v) is 8.36. The van der Waals surface area contributed by atoms with Crippen molar-refractivity contribution in [3.05, 3.63) is 139 Å². The molecule has 0 aliphatic rings. The number of hydrogen-bond acceptors (Lipinski definition) is 4. The van der Waals surface area contributed by atoms with Gasteiger partial charge in [-0.2, -0.15) is 0 Å². The van der Waals surface area contributed by atoms with Gasteiger partial charge in [0.1, 0.15) is 8.07 Å². The minimum Gasteiger partial charge on any atom is -0.486 e. The Morgan fingerprint density at radius 2 is 1.51 bits per heavy atom. The van der Waals surface area contributed by atoms with Crippen LogP contribution in [0.4, 0.5) is 0 Å². The van der Waals surface area contributed by atoms with Crippen molar-refractivity contribution in [3.63, 3.8) is 0 Å². The standard InChI is InChI=1S/C28H27N2OSi.C11H8N.Ir/c1-19(2)16-20-17-25(30-18-26(20)32(3,4)21-10-6-5-7-11-21)24-13-8-12-22-23-14-9-15-29-28(23)31-27(22)24;1-2-6-10(7-3-1)11-8-4-5-9-12-11;/h5-12,14-15,17-19H,16H2,1-4H3;1-6,8-9H;/q2*-1;. The molecule has 0 N–H and O–H groups in total. The molecular formula is C39H35IrN3OSi-2. The minimum absolute atomic E-state index is 0. The van der Waals surface area contributed by atoms with Crippen molar-refractivity contribution in [2.24, 2.45) is 5.92 Å². The molecule has 0 fully saturated rings. The second kappa shape index (κ2) is 14.3. The normalized spacial score (nSPS) is 11.2. The van der Waals surface area contributed by atoms with E-state index < -0.39 is 8.07 Å². The van der Waals surface area contributed by atoms with Crippen molar-refractivity contribution in [1.29, 1.82) is 0 Å². The molecule has 0 amide bonds. The molecule has 0 atom stereocenters. The zero-order valence-corrected chi connectivity index (χ0v) is 29.3. The fraction of sp³-hybridized carbons (Fsp3) is 0.154. The van der Waals surface area contributed by atoms with E-state index in [1.165, 1.54) is 15.9 Å². The second-order valence-electron chi connectivity index (χ2n) is 11.9. The van der Waals surface area contributed by atoms with Crippen molar-refractivity contribution < 1.29 is 24.5 Å². The molecule has 4 aromatic heterocycles. The van der Waals surface area contributed by atoms with Crippen LogP contribution in [-0.2, 0) is 26.5 Å². The van der Waals surface area contributed by atoms with Crippen LogP contribution in [0.25, 0.3) is 44.6 Å². The molecule has 7 aromatic rings. The Hall–Kier alpha value is -4.22. The van der Waals surface area contributed by atoms with E-state index in [1.807, 2.05) is 66.7 Å². The molecule has 0 aliphatic heterocycles. The maximum Gasteiger partial charge on any atom is 0.216 e. The number of benzene rings is 3. The molecular weight excluding hydrogens is 747 g/mol. The van der Waals surface area contributed by atoms with Crippen LogP contribution in [0.2, 0.25) is 13.1 Å². The van der Waals surface area contributed by atoms with Crippen LogP contribution < -0.4 is 10.4 Å². The molecule has 227 valence electrons. The number of nitrogens with zero attached hydrogens (tertiary/aromatic N) is 3. The summed E-state index contributed by atoms with van der Waals surface area (Å²) in [4.78, 5) is 13.6. The molecule has 0 saturated heterocycles. The molecule has 1 radical (unpaired) electrons. The molecule has 4 nitrogen and oxygen atoms in total. The maximum atomic E-state index is 6.15. The molecule has 0 unspecified atom stereocenters. The predicted octanol–water partition coefficient (Wildman–Crippen LogP) is 8.41. The Bertz CT molecular complexity index is 1950. The first kappa shape index (κ1) is 32.2. The Kier molecular flexibility index (Phi) is 10.2. The summed E-state index contributed by atoms with van der Waals surface area (Å²) in [5, 5.41) is 4.91. The first-order valence-electron chi connectivity index (χ1n) is 15.0. The zero-order valence-electron chi connectivity index (χ0n) is 25.9. The number of aromatic nitrogens is 3. The minimum atomic E-state index is -1.88. The molecule has 0 aliphatic carbocycles. The Morgan fingerprint density at radius 3 is 2.24 bits per heavy atom. The van der Waals surface area contributed by atoms with E-state index in [0.717, 1.165) is 45.3 Å². The van der Waals surface area contributed by atoms with Crippen LogP contribution in [0.3, 0.4) is 0 Å². The zero-order chi connectivity index (χ0) is 30.5. The molecule has 0 saturated carbocycles. The third kappa shape index (κ3) is 7.04. The summed E-state index contributed by atoms with van der Waals surface area (Å²) in [5.41, 5.74) is 6.65. The Balaban J connectivity index is 0.000000258. The van der Waals surface area contributed by atoms with Crippen molar-refractivity contribution in [3.8, 4) is 22.5 Å². The van der Waals surface area contributed by atoms with Crippen LogP contribution >= 0.6 is 0 Å². The number of rotatable bonds is 6. The van der Waals surface area contributed by atoms with Crippen molar-refractivity contribution >= 4 is 40.5 Å². The number of fused-ring (bicyclic) bond motifs is 3. The van der Waals surface area contributed by atoms with Crippen LogP contribution in [0.1, 0.15) is 19.4 Å². The van der Waals surface area contributed by atoms with Crippen LogP contribution in [0.5, 0.6) is 0 Å². The van der Waals surface area contributed by atoms with Crippen LogP contribution in [-0.4, -0.2) is 23.0 Å². The average molecular weight is 782 g/mol. The topological polar surface area (TPSA) is 51.8 Å². The molecule has 45 heavy (non-hydrogen) atoms.